The zero-order chi connectivity index (χ0) is 23.7. The predicted molar refractivity (Wildman–Crippen MR) is 119 cm³/mol. The van der Waals surface area contributed by atoms with Crippen molar-refractivity contribution < 1.29 is 28.3 Å². The fourth-order valence-corrected chi connectivity index (χ4v) is 4.06. The summed E-state index contributed by atoms with van der Waals surface area (Å²) >= 11 is 0. The number of ether oxygens (including phenoxy) is 2. The summed E-state index contributed by atoms with van der Waals surface area (Å²) in [5.74, 6) is -0.836. The van der Waals surface area contributed by atoms with Crippen LogP contribution in [0.2, 0.25) is 18.1 Å². The highest BCUT2D eigenvalue weighted by Crippen LogP contribution is 2.39. The van der Waals surface area contributed by atoms with Crippen LogP contribution in [-0.2, 0) is 23.5 Å². The molecular formula is C22H41NO6Si. The number of hydrogen-bond acceptors (Lipinski definition) is 6. The van der Waals surface area contributed by atoms with Gasteiger partial charge in [0.2, 0.25) is 0 Å². The van der Waals surface area contributed by atoms with Crippen LogP contribution < -0.4 is 0 Å². The Labute approximate surface area is 182 Å². The van der Waals surface area contributed by atoms with Gasteiger partial charge in [-0.1, -0.05) is 20.8 Å². The first-order valence-electron chi connectivity index (χ1n) is 10.6. The van der Waals surface area contributed by atoms with E-state index in [1.165, 1.54) is 4.90 Å². The maximum absolute atomic E-state index is 12.9. The molecule has 1 heterocycles. The van der Waals surface area contributed by atoms with Crippen LogP contribution in [-0.4, -0.2) is 61.5 Å². The molecule has 1 aliphatic rings. The molecule has 0 unspecified atom stereocenters. The SMILES string of the molecule is CC(C)(C)OC(=O)[C@@H]1C[C@H](CO[Si](C)(C)C(C)(C)C)[C@@H](C=O)N1C(=O)OC(C)(C)C. The van der Waals surface area contributed by atoms with Gasteiger partial charge in [-0.15, -0.1) is 0 Å². The molecule has 174 valence electrons. The molecule has 0 N–H and O–H groups in total. The zero-order valence-corrected chi connectivity index (χ0v) is 21.6. The second-order valence-electron chi connectivity index (χ2n) is 11.6. The molecule has 0 aromatic heterocycles. The van der Waals surface area contributed by atoms with Crippen molar-refractivity contribution >= 4 is 26.7 Å². The fraction of sp³-hybridized carbons (Fsp3) is 0.864. The number of hydrogen-bond donors (Lipinski definition) is 0. The van der Waals surface area contributed by atoms with Crippen LogP contribution >= 0.6 is 0 Å². The molecular weight excluding hydrogens is 402 g/mol. The minimum Gasteiger partial charge on any atom is -0.458 e. The third kappa shape index (κ3) is 7.08. The van der Waals surface area contributed by atoms with E-state index in [0.717, 1.165) is 0 Å². The van der Waals surface area contributed by atoms with E-state index in [-0.39, 0.29) is 11.0 Å². The summed E-state index contributed by atoms with van der Waals surface area (Å²) in [5.41, 5.74) is -1.46. The number of aldehydes is 1. The minimum absolute atomic E-state index is 0.0116. The van der Waals surface area contributed by atoms with Crippen LogP contribution in [0.5, 0.6) is 0 Å². The van der Waals surface area contributed by atoms with E-state index in [1.807, 2.05) is 0 Å². The summed E-state index contributed by atoms with van der Waals surface area (Å²) < 4.78 is 17.4. The van der Waals surface area contributed by atoms with Gasteiger partial charge in [0.1, 0.15) is 23.5 Å². The molecule has 1 amide bonds. The smallest absolute Gasteiger partial charge is 0.411 e. The molecule has 7 nitrogen and oxygen atoms in total. The van der Waals surface area contributed by atoms with Gasteiger partial charge in [-0.25, -0.2) is 9.59 Å². The lowest BCUT2D eigenvalue weighted by Crippen LogP contribution is -2.50. The molecule has 30 heavy (non-hydrogen) atoms. The number of likely N-dealkylation sites (tertiary alicyclic amines) is 1. The highest BCUT2D eigenvalue weighted by molar-refractivity contribution is 6.74. The van der Waals surface area contributed by atoms with Gasteiger partial charge in [-0.05, 0) is 66.1 Å². The lowest BCUT2D eigenvalue weighted by atomic mass is 10.0. The maximum atomic E-state index is 12.9. The summed E-state index contributed by atoms with van der Waals surface area (Å²) in [4.78, 5) is 39.1. The maximum Gasteiger partial charge on any atom is 0.411 e. The second-order valence-corrected chi connectivity index (χ2v) is 16.4. The molecule has 1 fully saturated rings. The monoisotopic (exact) mass is 443 g/mol. The highest BCUT2D eigenvalue weighted by Gasteiger charge is 2.50. The van der Waals surface area contributed by atoms with Gasteiger partial charge in [0, 0.05) is 12.5 Å². The topological polar surface area (TPSA) is 82.1 Å². The third-order valence-corrected chi connectivity index (χ3v) is 10.1. The molecule has 0 spiro atoms. The lowest BCUT2D eigenvalue weighted by molar-refractivity contribution is -0.160. The Morgan fingerprint density at radius 2 is 1.47 bits per heavy atom. The summed E-state index contributed by atoms with van der Waals surface area (Å²) in [6.07, 6.45) is 0.324. The zero-order valence-electron chi connectivity index (χ0n) is 20.6. The molecule has 8 heteroatoms. The largest absolute Gasteiger partial charge is 0.458 e. The first kappa shape index (κ1) is 26.6. The lowest BCUT2D eigenvalue weighted by Gasteiger charge is -2.37. The molecule has 1 aliphatic heterocycles. The van der Waals surface area contributed by atoms with Crippen molar-refractivity contribution in [1.29, 1.82) is 0 Å². The van der Waals surface area contributed by atoms with E-state index in [1.54, 1.807) is 41.5 Å². The van der Waals surface area contributed by atoms with Crippen LogP contribution in [0, 0.1) is 5.92 Å². The molecule has 3 atom stereocenters. The van der Waals surface area contributed by atoms with Crippen LogP contribution in [0.4, 0.5) is 4.79 Å². The number of rotatable bonds is 5. The summed E-state index contributed by atoms with van der Waals surface area (Å²) in [7, 11) is -2.06. The Kier molecular flexibility index (Phi) is 7.97. The Morgan fingerprint density at radius 1 is 0.967 bits per heavy atom. The van der Waals surface area contributed by atoms with E-state index in [4.69, 9.17) is 13.9 Å². The van der Waals surface area contributed by atoms with Gasteiger partial charge < -0.3 is 18.7 Å². The standard InChI is InChI=1S/C22H41NO6Si/c1-20(2,3)28-18(25)16-12-15(14-27-30(10,11)22(7,8)9)17(13-24)23(16)19(26)29-21(4,5)6/h13,15-17H,12,14H2,1-11H3/t15-,16+,17-/m1/s1. The van der Waals surface area contributed by atoms with Crippen molar-refractivity contribution in [2.45, 2.75) is 110 Å². The Bertz CT molecular complexity index is 641. The Balaban J connectivity index is 3.17. The summed E-state index contributed by atoms with van der Waals surface area (Å²) in [5, 5.41) is 0.0116. The first-order chi connectivity index (χ1) is 13.3. The minimum atomic E-state index is -2.06. The van der Waals surface area contributed by atoms with Gasteiger partial charge in [-0.2, -0.15) is 0 Å². The van der Waals surface area contributed by atoms with E-state index < -0.39 is 43.7 Å². The van der Waals surface area contributed by atoms with E-state index in [9.17, 15) is 14.4 Å². The average Bonchev–Trinajstić information content (AvgIpc) is 2.87. The molecule has 0 bridgehead atoms. The number of carbonyl (C=O) groups excluding carboxylic acids is 3. The number of amides is 1. The summed E-state index contributed by atoms with van der Waals surface area (Å²) in [6.45, 7) is 21.5. The van der Waals surface area contributed by atoms with Gasteiger partial charge in [0.15, 0.2) is 8.32 Å². The van der Waals surface area contributed by atoms with Crippen molar-refractivity contribution in [3.8, 4) is 0 Å². The molecule has 0 saturated carbocycles. The Hall–Kier alpha value is -1.41. The number of nitrogens with zero attached hydrogens (tertiary/aromatic N) is 1. The number of esters is 1. The molecule has 0 aromatic rings. The van der Waals surface area contributed by atoms with Gasteiger partial charge in [-0.3, -0.25) is 4.90 Å². The summed E-state index contributed by atoms with van der Waals surface area (Å²) in [6, 6.07) is -1.69. The third-order valence-electron chi connectivity index (χ3n) is 5.55. The Morgan fingerprint density at radius 3 is 1.87 bits per heavy atom. The molecule has 0 radical (unpaired) electrons. The normalized spacial score (nSPS) is 23.3. The predicted octanol–water partition coefficient (Wildman–Crippen LogP) is 4.54. The average molecular weight is 444 g/mol. The van der Waals surface area contributed by atoms with Crippen molar-refractivity contribution in [2.24, 2.45) is 5.92 Å². The quantitative estimate of drug-likeness (QED) is 0.352. The van der Waals surface area contributed by atoms with Crippen LogP contribution in [0.15, 0.2) is 0 Å². The van der Waals surface area contributed by atoms with Crippen molar-refractivity contribution in [1.82, 2.24) is 4.90 Å². The van der Waals surface area contributed by atoms with E-state index >= 15 is 0 Å². The first-order valence-corrected chi connectivity index (χ1v) is 13.5. The van der Waals surface area contributed by atoms with Crippen molar-refractivity contribution in [2.75, 3.05) is 6.61 Å². The van der Waals surface area contributed by atoms with Crippen molar-refractivity contribution in [3.63, 3.8) is 0 Å². The number of carbonyl (C=O) groups is 3. The molecule has 0 aromatic carbocycles. The fourth-order valence-electron chi connectivity index (χ4n) is 2.99. The van der Waals surface area contributed by atoms with E-state index in [2.05, 4.69) is 33.9 Å². The second kappa shape index (κ2) is 8.98. The molecule has 1 saturated heterocycles. The van der Waals surface area contributed by atoms with Crippen molar-refractivity contribution in [3.05, 3.63) is 0 Å². The molecule has 0 aliphatic carbocycles. The van der Waals surface area contributed by atoms with E-state index in [0.29, 0.717) is 19.3 Å². The van der Waals surface area contributed by atoms with Crippen LogP contribution in [0.25, 0.3) is 0 Å². The van der Waals surface area contributed by atoms with Crippen LogP contribution in [0.1, 0.15) is 68.7 Å². The van der Waals surface area contributed by atoms with Gasteiger partial charge in [0.25, 0.3) is 0 Å². The molecule has 1 rings (SSSR count). The van der Waals surface area contributed by atoms with Gasteiger partial charge in [0.05, 0.1) is 6.04 Å². The highest BCUT2D eigenvalue weighted by atomic mass is 28.4. The van der Waals surface area contributed by atoms with Crippen LogP contribution in [0.3, 0.4) is 0 Å². The van der Waals surface area contributed by atoms with Gasteiger partial charge >= 0.3 is 12.1 Å².